The van der Waals surface area contributed by atoms with E-state index in [4.69, 9.17) is 0 Å². The molecule has 3 nitrogen and oxygen atoms in total. The second-order valence-electron chi connectivity index (χ2n) is 4.48. The zero-order valence-electron chi connectivity index (χ0n) is 9.77. The molecule has 0 aromatic carbocycles. The summed E-state index contributed by atoms with van der Waals surface area (Å²) in [5, 5.41) is 1.05. The number of hydrogen-bond acceptors (Lipinski definition) is 4. The smallest absolute Gasteiger partial charge is 0.161 e. The summed E-state index contributed by atoms with van der Waals surface area (Å²) in [6.07, 6.45) is 5.23. The second kappa shape index (κ2) is 6.21. The van der Waals surface area contributed by atoms with Crippen LogP contribution in [-0.4, -0.2) is 42.5 Å². The van der Waals surface area contributed by atoms with Crippen LogP contribution in [-0.2, 0) is 6.42 Å². The van der Waals surface area contributed by atoms with Gasteiger partial charge in [-0.1, -0.05) is 0 Å². The number of halogens is 1. The molecule has 5 heteroatoms. The molecule has 17 heavy (non-hydrogen) atoms. The lowest BCUT2D eigenvalue weighted by Gasteiger charge is -2.14. The minimum atomic E-state index is -0.226. The molecule has 0 unspecified atom stereocenters. The Bertz CT molecular complexity index is 369. The molecule has 1 aromatic rings. The molecule has 0 spiro atoms. The molecule has 0 bridgehead atoms. The summed E-state index contributed by atoms with van der Waals surface area (Å²) in [7, 11) is 0. The van der Waals surface area contributed by atoms with Gasteiger partial charge in [-0.15, -0.1) is 11.3 Å². The molecule has 0 saturated carbocycles. The molecule has 94 valence electrons. The minimum Gasteiger partial charge on any atom is -0.303 e. The van der Waals surface area contributed by atoms with E-state index in [2.05, 4.69) is 9.88 Å². The summed E-state index contributed by atoms with van der Waals surface area (Å²) >= 11 is 1.48. The lowest BCUT2D eigenvalue weighted by Crippen LogP contribution is -2.22. The molecule has 1 saturated heterocycles. The Hall–Kier alpha value is -0.810. The molecule has 1 fully saturated rings. The molecule has 0 amide bonds. The van der Waals surface area contributed by atoms with Gasteiger partial charge in [-0.25, -0.2) is 4.98 Å². The number of rotatable bonds is 6. The summed E-state index contributed by atoms with van der Waals surface area (Å²) in [5.41, 5.74) is 0. The summed E-state index contributed by atoms with van der Waals surface area (Å²) in [5.74, 6) is 0.611. The van der Waals surface area contributed by atoms with Crippen molar-refractivity contribution in [2.45, 2.75) is 19.3 Å². The van der Waals surface area contributed by atoms with Crippen molar-refractivity contribution in [2.75, 3.05) is 26.3 Å². The van der Waals surface area contributed by atoms with E-state index in [1.54, 1.807) is 6.20 Å². The largest absolute Gasteiger partial charge is 0.303 e. The third-order valence-corrected chi connectivity index (χ3v) is 4.07. The first-order chi connectivity index (χ1) is 8.31. The molecular weight excluding hydrogens is 239 g/mol. The van der Waals surface area contributed by atoms with Gasteiger partial charge in [0.1, 0.15) is 0 Å². The second-order valence-corrected chi connectivity index (χ2v) is 5.62. The summed E-state index contributed by atoms with van der Waals surface area (Å²) < 4.78 is 12.1. The molecule has 1 atom stereocenters. The van der Waals surface area contributed by atoms with Crippen LogP contribution in [0.15, 0.2) is 6.20 Å². The van der Waals surface area contributed by atoms with Gasteiger partial charge in [-0.2, -0.15) is 0 Å². The predicted octanol–water partition coefficient (Wildman–Crippen LogP) is 2.18. The van der Waals surface area contributed by atoms with E-state index in [1.165, 1.54) is 11.3 Å². The van der Waals surface area contributed by atoms with Crippen LogP contribution in [0.3, 0.4) is 0 Å². The fourth-order valence-electron chi connectivity index (χ4n) is 2.29. The Labute approximate surface area is 105 Å². The highest BCUT2D eigenvalue weighted by atomic mass is 32.1. The van der Waals surface area contributed by atoms with Gasteiger partial charge in [-0.05, 0) is 25.3 Å². The van der Waals surface area contributed by atoms with E-state index in [0.29, 0.717) is 17.2 Å². The van der Waals surface area contributed by atoms with Crippen molar-refractivity contribution in [1.82, 2.24) is 9.88 Å². The number of nitrogens with zero attached hydrogens (tertiary/aromatic N) is 2. The number of carbonyl (C=O) groups excluding carboxylic acids is 1. The highest BCUT2D eigenvalue weighted by Gasteiger charge is 2.23. The first-order valence-electron chi connectivity index (χ1n) is 6.00. The van der Waals surface area contributed by atoms with E-state index in [0.717, 1.165) is 43.8 Å². The van der Waals surface area contributed by atoms with Gasteiger partial charge < -0.3 is 4.90 Å². The van der Waals surface area contributed by atoms with Gasteiger partial charge in [0, 0.05) is 25.7 Å². The van der Waals surface area contributed by atoms with Crippen molar-refractivity contribution < 1.29 is 9.18 Å². The molecule has 1 aliphatic rings. The normalized spacial score (nSPS) is 20.9. The average Bonchev–Trinajstić information content (AvgIpc) is 2.96. The third kappa shape index (κ3) is 3.57. The van der Waals surface area contributed by atoms with Crippen molar-refractivity contribution >= 4 is 17.6 Å². The lowest BCUT2D eigenvalue weighted by molar-refractivity contribution is 0.112. The SMILES string of the molecule is O=Cc1cnc(C[C@H]2CCN(CCCF)C2)s1. The van der Waals surface area contributed by atoms with Crippen LogP contribution in [0.1, 0.15) is 27.5 Å². The molecule has 0 N–H and O–H groups in total. The Kier molecular flexibility index (Phi) is 4.62. The van der Waals surface area contributed by atoms with E-state index in [1.807, 2.05) is 0 Å². The zero-order chi connectivity index (χ0) is 12.1. The van der Waals surface area contributed by atoms with Crippen molar-refractivity contribution in [1.29, 1.82) is 0 Å². The summed E-state index contributed by atoms with van der Waals surface area (Å²) in [6, 6.07) is 0. The number of aromatic nitrogens is 1. The number of carbonyl (C=O) groups is 1. The van der Waals surface area contributed by atoms with Crippen LogP contribution in [0.5, 0.6) is 0 Å². The summed E-state index contributed by atoms with van der Waals surface area (Å²) in [6.45, 7) is 2.74. The fraction of sp³-hybridized carbons (Fsp3) is 0.667. The first kappa shape index (κ1) is 12.6. The third-order valence-electron chi connectivity index (χ3n) is 3.13. The molecule has 2 rings (SSSR count). The van der Waals surface area contributed by atoms with Crippen LogP contribution in [0.4, 0.5) is 4.39 Å². The maximum atomic E-state index is 12.1. The number of aldehydes is 1. The topological polar surface area (TPSA) is 33.2 Å². The number of thiazole rings is 1. The van der Waals surface area contributed by atoms with E-state index in [-0.39, 0.29) is 6.67 Å². The Morgan fingerprint density at radius 2 is 2.53 bits per heavy atom. The van der Waals surface area contributed by atoms with Crippen LogP contribution in [0.25, 0.3) is 0 Å². The van der Waals surface area contributed by atoms with Crippen LogP contribution in [0.2, 0.25) is 0 Å². The molecule has 0 aliphatic carbocycles. The van der Waals surface area contributed by atoms with E-state index >= 15 is 0 Å². The maximum absolute atomic E-state index is 12.1. The quantitative estimate of drug-likeness (QED) is 0.731. The maximum Gasteiger partial charge on any atom is 0.161 e. The van der Waals surface area contributed by atoms with Crippen LogP contribution in [0, 0.1) is 5.92 Å². The lowest BCUT2D eigenvalue weighted by atomic mass is 10.1. The molecule has 0 radical (unpaired) electrons. The Morgan fingerprint density at radius 3 is 3.24 bits per heavy atom. The van der Waals surface area contributed by atoms with E-state index < -0.39 is 0 Å². The van der Waals surface area contributed by atoms with Gasteiger partial charge in [0.25, 0.3) is 0 Å². The van der Waals surface area contributed by atoms with Crippen molar-refractivity contribution in [3.05, 3.63) is 16.1 Å². The average molecular weight is 256 g/mol. The van der Waals surface area contributed by atoms with Gasteiger partial charge >= 0.3 is 0 Å². The monoisotopic (exact) mass is 256 g/mol. The van der Waals surface area contributed by atoms with Crippen molar-refractivity contribution in [3.8, 4) is 0 Å². The molecule has 1 aliphatic heterocycles. The summed E-state index contributed by atoms with van der Waals surface area (Å²) in [4.78, 5) is 17.8. The molecule has 1 aromatic heterocycles. The van der Waals surface area contributed by atoms with Crippen molar-refractivity contribution in [2.24, 2.45) is 5.92 Å². The Balaban J connectivity index is 1.79. The highest BCUT2D eigenvalue weighted by molar-refractivity contribution is 7.13. The molecular formula is C12H17FN2OS. The van der Waals surface area contributed by atoms with E-state index in [9.17, 15) is 9.18 Å². The number of likely N-dealkylation sites (tertiary alicyclic amines) is 1. The van der Waals surface area contributed by atoms with Gasteiger partial charge in [0.05, 0.1) is 16.6 Å². The van der Waals surface area contributed by atoms with Gasteiger partial charge in [0.2, 0.25) is 0 Å². The fourth-order valence-corrected chi connectivity index (χ4v) is 3.14. The standard InChI is InChI=1S/C12H17FN2OS/c13-3-1-4-15-5-2-10(8-15)6-12-14-7-11(9-16)17-12/h7,9-10H,1-6,8H2/t10-/m1/s1. The molecule has 2 heterocycles. The van der Waals surface area contributed by atoms with Crippen molar-refractivity contribution in [3.63, 3.8) is 0 Å². The first-order valence-corrected chi connectivity index (χ1v) is 6.81. The van der Waals surface area contributed by atoms with Gasteiger partial charge in [0.15, 0.2) is 6.29 Å². The van der Waals surface area contributed by atoms with Gasteiger partial charge in [-0.3, -0.25) is 9.18 Å². The zero-order valence-corrected chi connectivity index (χ0v) is 10.6. The Morgan fingerprint density at radius 1 is 1.65 bits per heavy atom. The van der Waals surface area contributed by atoms with Crippen LogP contribution >= 0.6 is 11.3 Å². The van der Waals surface area contributed by atoms with Crippen LogP contribution < -0.4 is 0 Å². The predicted molar refractivity (Wildman–Crippen MR) is 66.3 cm³/mol. The highest BCUT2D eigenvalue weighted by Crippen LogP contribution is 2.23. The number of alkyl halides is 1. The minimum absolute atomic E-state index is 0.226. The number of hydrogen-bond donors (Lipinski definition) is 0.